The van der Waals surface area contributed by atoms with Crippen LogP contribution in [0.2, 0.25) is 0 Å². The normalized spacial score (nSPS) is 11.6. The predicted octanol–water partition coefficient (Wildman–Crippen LogP) is 15.1. The van der Waals surface area contributed by atoms with Gasteiger partial charge in [0.1, 0.15) is 22.3 Å². The average Bonchev–Trinajstić information content (AvgIpc) is 3.81. The number of benzene rings is 9. The molecule has 2 aromatic heterocycles. The lowest BCUT2D eigenvalue weighted by molar-refractivity contribution is 0.668. The Balaban J connectivity index is 1.11. The summed E-state index contributed by atoms with van der Waals surface area (Å²) < 4.78 is 12.8. The van der Waals surface area contributed by atoms with Gasteiger partial charge in [0.25, 0.3) is 0 Å². The fourth-order valence-corrected chi connectivity index (χ4v) is 8.33. The van der Waals surface area contributed by atoms with Gasteiger partial charge in [-0.2, -0.15) is 0 Å². The first-order valence-electron chi connectivity index (χ1n) is 18.7. The van der Waals surface area contributed by atoms with Crippen LogP contribution in [0, 0.1) is 0 Å². The fraction of sp³-hybridized carbons (Fsp3) is 0. The van der Waals surface area contributed by atoms with Crippen molar-refractivity contribution in [2.75, 3.05) is 4.90 Å². The SMILES string of the molecule is c1cc(-c2ccccc2-c2cccc3ccccc23)cc(N(c2ccc3c(c2)oc2ccccc23)c2ccccc2-c2ccc3c(c2)oc2ccccc23)c1. The Labute approximate surface area is 317 Å². The van der Waals surface area contributed by atoms with Gasteiger partial charge in [-0.25, -0.2) is 0 Å². The number of rotatable bonds is 6. The first-order valence-corrected chi connectivity index (χ1v) is 18.7. The van der Waals surface area contributed by atoms with Crippen molar-refractivity contribution in [3.63, 3.8) is 0 Å². The van der Waals surface area contributed by atoms with Crippen molar-refractivity contribution in [3.05, 3.63) is 200 Å². The standard InChI is InChI=1S/C52H33NO2/c1-2-17-39-34(13-1)14-12-23-43(39)42-20-4-3-18-40(42)35-15-11-16-37(31-35)53(38-28-30-47-45-22-7-10-26-50(45)55-52(47)33-38)48-24-8-5-19-41(48)36-27-29-46-44-21-6-9-25-49(44)54-51(46)32-36/h1-33H. The van der Waals surface area contributed by atoms with Gasteiger partial charge in [-0.05, 0) is 93.2 Å². The lowest BCUT2D eigenvalue weighted by atomic mass is 9.91. The molecule has 0 saturated heterocycles. The third kappa shape index (κ3) is 5.20. The number of fused-ring (bicyclic) bond motifs is 7. The molecule has 0 amide bonds. The topological polar surface area (TPSA) is 29.5 Å². The molecule has 258 valence electrons. The van der Waals surface area contributed by atoms with Crippen LogP contribution >= 0.6 is 0 Å². The molecule has 9 aromatic carbocycles. The van der Waals surface area contributed by atoms with E-state index in [4.69, 9.17) is 8.83 Å². The second-order valence-electron chi connectivity index (χ2n) is 14.1. The van der Waals surface area contributed by atoms with E-state index < -0.39 is 0 Å². The quantitative estimate of drug-likeness (QED) is 0.173. The lowest BCUT2D eigenvalue weighted by Gasteiger charge is -2.28. The van der Waals surface area contributed by atoms with Crippen LogP contribution in [-0.2, 0) is 0 Å². The Morgan fingerprint density at radius 1 is 0.291 bits per heavy atom. The molecule has 11 rings (SSSR count). The van der Waals surface area contributed by atoms with Crippen LogP contribution in [0.25, 0.3) is 88.0 Å². The van der Waals surface area contributed by atoms with Crippen molar-refractivity contribution < 1.29 is 8.83 Å². The summed E-state index contributed by atoms with van der Waals surface area (Å²) in [6.07, 6.45) is 0. The van der Waals surface area contributed by atoms with Crippen molar-refractivity contribution >= 4 is 71.7 Å². The third-order valence-corrected chi connectivity index (χ3v) is 10.9. The van der Waals surface area contributed by atoms with Crippen molar-refractivity contribution in [2.45, 2.75) is 0 Å². The van der Waals surface area contributed by atoms with Crippen LogP contribution < -0.4 is 4.90 Å². The Morgan fingerprint density at radius 3 is 1.62 bits per heavy atom. The monoisotopic (exact) mass is 703 g/mol. The molecule has 0 atom stereocenters. The minimum Gasteiger partial charge on any atom is -0.456 e. The van der Waals surface area contributed by atoms with E-state index in [-0.39, 0.29) is 0 Å². The van der Waals surface area contributed by atoms with Gasteiger partial charge in [-0.1, -0.05) is 140 Å². The number of nitrogens with zero attached hydrogens (tertiary/aromatic N) is 1. The summed E-state index contributed by atoms with van der Waals surface area (Å²) in [4.78, 5) is 2.36. The summed E-state index contributed by atoms with van der Waals surface area (Å²) in [5, 5.41) is 6.92. The molecule has 3 heteroatoms. The Kier molecular flexibility index (Phi) is 7.17. The van der Waals surface area contributed by atoms with Crippen LogP contribution in [0.1, 0.15) is 0 Å². The molecule has 0 bridgehead atoms. The summed E-state index contributed by atoms with van der Waals surface area (Å²) in [6.45, 7) is 0. The maximum absolute atomic E-state index is 6.46. The second kappa shape index (κ2) is 12.6. The number of hydrogen-bond donors (Lipinski definition) is 0. The minimum atomic E-state index is 0.849. The molecule has 0 spiro atoms. The molecule has 0 N–H and O–H groups in total. The molecule has 0 aliphatic carbocycles. The highest BCUT2D eigenvalue weighted by Gasteiger charge is 2.21. The zero-order valence-electron chi connectivity index (χ0n) is 29.8. The van der Waals surface area contributed by atoms with E-state index in [1.165, 1.54) is 27.5 Å². The van der Waals surface area contributed by atoms with E-state index >= 15 is 0 Å². The van der Waals surface area contributed by atoms with Gasteiger partial charge in [0.15, 0.2) is 0 Å². The fourth-order valence-electron chi connectivity index (χ4n) is 8.33. The van der Waals surface area contributed by atoms with E-state index in [1.807, 2.05) is 24.3 Å². The largest absolute Gasteiger partial charge is 0.456 e. The first-order chi connectivity index (χ1) is 27.3. The van der Waals surface area contributed by atoms with Crippen molar-refractivity contribution in [3.8, 4) is 33.4 Å². The van der Waals surface area contributed by atoms with Gasteiger partial charge in [-0.3, -0.25) is 0 Å². The Morgan fingerprint density at radius 2 is 0.818 bits per heavy atom. The summed E-state index contributed by atoms with van der Waals surface area (Å²) in [5.41, 5.74) is 13.5. The molecule has 0 aliphatic heterocycles. The molecule has 0 unspecified atom stereocenters. The van der Waals surface area contributed by atoms with Crippen LogP contribution in [0.5, 0.6) is 0 Å². The molecule has 0 fully saturated rings. The van der Waals surface area contributed by atoms with E-state index in [1.54, 1.807) is 0 Å². The van der Waals surface area contributed by atoms with Crippen molar-refractivity contribution in [1.82, 2.24) is 0 Å². The van der Waals surface area contributed by atoms with Crippen LogP contribution in [-0.4, -0.2) is 0 Å². The Hall–Kier alpha value is -7.36. The van der Waals surface area contributed by atoms with Crippen LogP contribution in [0.3, 0.4) is 0 Å². The van der Waals surface area contributed by atoms with E-state index in [0.717, 1.165) is 77.6 Å². The highest BCUT2D eigenvalue weighted by atomic mass is 16.3. The van der Waals surface area contributed by atoms with Gasteiger partial charge in [0.2, 0.25) is 0 Å². The molecule has 0 saturated carbocycles. The summed E-state index contributed by atoms with van der Waals surface area (Å²) in [6, 6.07) is 71.1. The third-order valence-electron chi connectivity index (χ3n) is 10.9. The van der Waals surface area contributed by atoms with Gasteiger partial charge >= 0.3 is 0 Å². The highest BCUT2D eigenvalue weighted by molar-refractivity contribution is 6.08. The van der Waals surface area contributed by atoms with Gasteiger partial charge in [0, 0.05) is 44.5 Å². The average molecular weight is 704 g/mol. The molecule has 3 nitrogen and oxygen atoms in total. The van der Waals surface area contributed by atoms with Gasteiger partial charge in [-0.15, -0.1) is 0 Å². The highest BCUT2D eigenvalue weighted by Crippen LogP contribution is 2.45. The van der Waals surface area contributed by atoms with Crippen LogP contribution in [0.4, 0.5) is 17.1 Å². The van der Waals surface area contributed by atoms with E-state index in [9.17, 15) is 0 Å². The van der Waals surface area contributed by atoms with Crippen LogP contribution in [0.15, 0.2) is 209 Å². The number of hydrogen-bond acceptors (Lipinski definition) is 3. The lowest BCUT2D eigenvalue weighted by Crippen LogP contribution is -2.11. The number of furan rings is 2. The molecule has 0 aliphatic rings. The molecule has 55 heavy (non-hydrogen) atoms. The zero-order chi connectivity index (χ0) is 36.3. The Bertz CT molecular complexity index is 3230. The molecule has 0 radical (unpaired) electrons. The minimum absolute atomic E-state index is 0.849. The van der Waals surface area contributed by atoms with E-state index in [0.29, 0.717) is 0 Å². The maximum atomic E-state index is 6.46. The first kappa shape index (κ1) is 31.2. The molecular formula is C52H33NO2. The summed E-state index contributed by atoms with van der Waals surface area (Å²) in [5.74, 6) is 0. The smallest absolute Gasteiger partial charge is 0.137 e. The second-order valence-corrected chi connectivity index (χ2v) is 14.1. The van der Waals surface area contributed by atoms with Gasteiger partial charge < -0.3 is 13.7 Å². The van der Waals surface area contributed by atoms with Gasteiger partial charge in [0.05, 0.1) is 5.69 Å². The maximum Gasteiger partial charge on any atom is 0.137 e. The number of para-hydroxylation sites is 3. The summed E-state index contributed by atoms with van der Waals surface area (Å²) in [7, 11) is 0. The molecule has 11 aromatic rings. The predicted molar refractivity (Wildman–Crippen MR) is 229 cm³/mol. The molecule has 2 heterocycles. The number of anilines is 3. The summed E-state index contributed by atoms with van der Waals surface area (Å²) >= 11 is 0. The van der Waals surface area contributed by atoms with Crippen molar-refractivity contribution in [1.29, 1.82) is 0 Å². The molecular weight excluding hydrogens is 671 g/mol. The van der Waals surface area contributed by atoms with E-state index in [2.05, 4.69) is 181 Å². The zero-order valence-corrected chi connectivity index (χ0v) is 29.8. The van der Waals surface area contributed by atoms with Crippen molar-refractivity contribution in [2.24, 2.45) is 0 Å².